The number of aromatic nitrogens is 2. The van der Waals surface area contributed by atoms with Crippen LogP contribution < -0.4 is 4.90 Å². The van der Waals surface area contributed by atoms with Gasteiger partial charge in [-0.1, -0.05) is 54.7 Å². The van der Waals surface area contributed by atoms with Gasteiger partial charge in [0.25, 0.3) is 0 Å². The minimum absolute atomic E-state index is 0.0589. The van der Waals surface area contributed by atoms with Crippen molar-refractivity contribution < 1.29 is 4.79 Å². The van der Waals surface area contributed by atoms with E-state index in [0.29, 0.717) is 5.75 Å². The predicted octanol–water partition coefficient (Wildman–Crippen LogP) is 7.18. The molecule has 0 unspecified atom stereocenters. The number of hydrogen-bond acceptors (Lipinski definition) is 6. The Balaban J connectivity index is 1.49. The number of carbonyl (C=O) groups excluding carboxylic acids is 1. The third-order valence-corrected chi connectivity index (χ3v) is 8.72. The molecule has 1 aliphatic rings. The molecule has 0 saturated heterocycles. The van der Waals surface area contributed by atoms with E-state index in [1.165, 1.54) is 22.2 Å². The Labute approximate surface area is 200 Å². The molecule has 1 amide bonds. The van der Waals surface area contributed by atoms with Gasteiger partial charge in [0, 0.05) is 26.5 Å². The lowest BCUT2D eigenvalue weighted by atomic mass is 10.2. The number of para-hydroxylation sites is 2. The van der Waals surface area contributed by atoms with Crippen LogP contribution >= 0.6 is 34.9 Å². The zero-order chi connectivity index (χ0) is 22.2. The summed E-state index contributed by atoms with van der Waals surface area (Å²) >= 11 is 4.95. The summed E-state index contributed by atoms with van der Waals surface area (Å²) in [6, 6.07) is 16.2. The molecule has 162 valence electrons. The van der Waals surface area contributed by atoms with Crippen molar-refractivity contribution in [1.29, 1.82) is 0 Å². The number of benzene rings is 2. The Bertz CT molecular complexity index is 1290. The molecule has 0 atom stereocenters. The standard InChI is InChI=1S/C25H23N3OS3/c1-4-9-21-26-24(23-15(2)16(3)31-25(23)27-21)30-14-22(29)28-17-10-5-7-12-19(17)32-20-13-8-6-11-18(20)28/h5-8,10-13H,4,9,14H2,1-3H3. The summed E-state index contributed by atoms with van der Waals surface area (Å²) in [4.78, 5) is 29.6. The number of carbonyl (C=O) groups is 1. The summed E-state index contributed by atoms with van der Waals surface area (Å²) in [7, 11) is 0. The second kappa shape index (κ2) is 8.89. The van der Waals surface area contributed by atoms with Crippen LogP contribution in [0.25, 0.3) is 10.2 Å². The maximum Gasteiger partial charge on any atom is 0.242 e. The molecule has 5 rings (SSSR count). The van der Waals surface area contributed by atoms with E-state index in [9.17, 15) is 4.79 Å². The van der Waals surface area contributed by atoms with E-state index < -0.39 is 0 Å². The van der Waals surface area contributed by atoms with Gasteiger partial charge in [-0.3, -0.25) is 9.69 Å². The van der Waals surface area contributed by atoms with E-state index in [4.69, 9.17) is 9.97 Å². The maximum atomic E-state index is 13.6. The van der Waals surface area contributed by atoms with Crippen molar-refractivity contribution in [2.75, 3.05) is 10.7 Å². The van der Waals surface area contributed by atoms with E-state index >= 15 is 0 Å². The van der Waals surface area contributed by atoms with Gasteiger partial charge < -0.3 is 0 Å². The summed E-state index contributed by atoms with van der Waals surface area (Å²) < 4.78 is 0. The van der Waals surface area contributed by atoms with Gasteiger partial charge in [0.1, 0.15) is 15.7 Å². The number of thiophene rings is 1. The quantitative estimate of drug-likeness (QED) is 0.225. The minimum atomic E-state index is 0.0589. The molecule has 0 aliphatic carbocycles. The second-order valence-electron chi connectivity index (χ2n) is 7.71. The van der Waals surface area contributed by atoms with Crippen molar-refractivity contribution in [3.63, 3.8) is 0 Å². The first-order valence-electron chi connectivity index (χ1n) is 10.6. The van der Waals surface area contributed by atoms with Crippen LogP contribution in [0.3, 0.4) is 0 Å². The fraction of sp³-hybridized carbons (Fsp3) is 0.240. The van der Waals surface area contributed by atoms with E-state index in [1.807, 2.05) is 41.3 Å². The van der Waals surface area contributed by atoms with Gasteiger partial charge in [0.15, 0.2) is 0 Å². The number of rotatable bonds is 5. The molecular formula is C25H23N3OS3. The highest BCUT2D eigenvalue weighted by atomic mass is 32.2. The van der Waals surface area contributed by atoms with Crippen LogP contribution in [-0.4, -0.2) is 21.6 Å². The molecule has 1 aliphatic heterocycles. The summed E-state index contributed by atoms with van der Waals surface area (Å²) in [5.74, 6) is 1.24. The molecule has 0 N–H and O–H groups in total. The molecule has 4 aromatic rings. The Hall–Kier alpha value is -2.35. The Morgan fingerprint density at radius 3 is 2.31 bits per heavy atom. The first-order chi connectivity index (χ1) is 15.6. The number of aryl methyl sites for hydroxylation is 3. The molecule has 2 aromatic heterocycles. The topological polar surface area (TPSA) is 46.1 Å². The van der Waals surface area contributed by atoms with Crippen molar-refractivity contribution >= 4 is 62.4 Å². The molecule has 2 aromatic carbocycles. The van der Waals surface area contributed by atoms with Gasteiger partial charge >= 0.3 is 0 Å². The van der Waals surface area contributed by atoms with Gasteiger partial charge in [-0.15, -0.1) is 11.3 Å². The number of amides is 1. The fourth-order valence-electron chi connectivity index (χ4n) is 3.86. The highest BCUT2D eigenvalue weighted by Gasteiger charge is 2.28. The predicted molar refractivity (Wildman–Crippen MR) is 136 cm³/mol. The van der Waals surface area contributed by atoms with Crippen molar-refractivity contribution in [2.24, 2.45) is 0 Å². The number of thioether (sulfide) groups is 1. The van der Waals surface area contributed by atoms with E-state index in [2.05, 4.69) is 32.9 Å². The van der Waals surface area contributed by atoms with Crippen molar-refractivity contribution in [3.05, 3.63) is 64.8 Å². The Morgan fingerprint density at radius 1 is 1.00 bits per heavy atom. The van der Waals surface area contributed by atoms with Crippen LogP contribution in [0, 0.1) is 13.8 Å². The average molecular weight is 478 g/mol. The zero-order valence-electron chi connectivity index (χ0n) is 18.2. The average Bonchev–Trinajstić information content (AvgIpc) is 3.09. The third kappa shape index (κ3) is 3.83. The summed E-state index contributed by atoms with van der Waals surface area (Å²) in [5, 5.41) is 2.02. The van der Waals surface area contributed by atoms with Crippen LogP contribution in [0.2, 0.25) is 0 Å². The van der Waals surface area contributed by atoms with E-state index in [0.717, 1.165) is 55.1 Å². The number of nitrogens with zero attached hydrogens (tertiary/aromatic N) is 3. The maximum absolute atomic E-state index is 13.6. The lowest BCUT2D eigenvalue weighted by Crippen LogP contribution is -2.30. The first-order valence-corrected chi connectivity index (χ1v) is 13.3. The molecule has 4 nitrogen and oxygen atoms in total. The zero-order valence-corrected chi connectivity index (χ0v) is 20.7. The normalized spacial score (nSPS) is 12.7. The minimum Gasteiger partial charge on any atom is -0.278 e. The highest BCUT2D eigenvalue weighted by molar-refractivity contribution is 8.00. The molecule has 7 heteroatoms. The molecule has 0 fully saturated rings. The highest BCUT2D eigenvalue weighted by Crippen LogP contribution is 2.48. The molecule has 32 heavy (non-hydrogen) atoms. The smallest absolute Gasteiger partial charge is 0.242 e. The van der Waals surface area contributed by atoms with Crippen LogP contribution in [0.5, 0.6) is 0 Å². The largest absolute Gasteiger partial charge is 0.278 e. The van der Waals surface area contributed by atoms with Gasteiger partial charge in [-0.05, 0) is 50.1 Å². The molecule has 0 spiro atoms. The van der Waals surface area contributed by atoms with Gasteiger partial charge in [0.2, 0.25) is 5.91 Å². The van der Waals surface area contributed by atoms with Crippen LogP contribution in [0.4, 0.5) is 11.4 Å². The lowest BCUT2D eigenvalue weighted by molar-refractivity contribution is -0.115. The second-order valence-corrected chi connectivity index (χ2v) is 11.0. The molecule has 0 radical (unpaired) electrons. The monoisotopic (exact) mass is 477 g/mol. The third-order valence-electron chi connectivity index (χ3n) is 5.53. The number of fused-ring (bicyclic) bond motifs is 3. The van der Waals surface area contributed by atoms with Crippen LogP contribution in [0.15, 0.2) is 63.3 Å². The SMILES string of the molecule is CCCc1nc(SCC(=O)N2c3ccccc3Sc3ccccc32)c2c(C)c(C)sc2n1. The van der Waals surface area contributed by atoms with Crippen molar-refractivity contribution in [2.45, 2.75) is 48.4 Å². The van der Waals surface area contributed by atoms with Crippen LogP contribution in [-0.2, 0) is 11.2 Å². The lowest BCUT2D eigenvalue weighted by Gasteiger charge is -2.31. The van der Waals surface area contributed by atoms with Gasteiger partial charge in [-0.25, -0.2) is 9.97 Å². The van der Waals surface area contributed by atoms with Crippen molar-refractivity contribution in [3.8, 4) is 0 Å². The molecular weight excluding hydrogens is 454 g/mol. The van der Waals surface area contributed by atoms with Gasteiger partial charge in [-0.2, -0.15) is 0 Å². The number of anilines is 2. The summed E-state index contributed by atoms with van der Waals surface area (Å²) in [5.41, 5.74) is 3.11. The van der Waals surface area contributed by atoms with Gasteiger partial charge in [0.05, 0.1) is 17.1 Å². The first kappa shape index (κ1) is 21.5. The summed E-state index contributed by atoms with van der Waals surface area (Å²) in [6.07, 6.45) is 1.84. The van der Waals surface area contributed by atoms with E-state index in [-0.39, 0.29) is 5.91 Å². The fourth-order valence-corrected chi connectivity index (χ4v) is 6.99. The molecule has 3 heterocycles. The van der Waals surface area contributed by atoms with Crippen LogP contribution in [0.1, 0.15) is 29.6 Å². The number of hydrogen-bond donors (Lipinski definition) is 0. The molecule has 0 bridgehead atoms. The van der Waals surface area contributed by atoms with Crippen molar-refractivity contribution in [1.82, 2.24) is 9.97 Å². The summed E-state index contributed by atoms with van der Waals surface area (Å²) in [6.45, 7) is 6.38. The van der Waals surface area contributed by atoms with E-state index in [1.54, 1.807) is 23.1 Å². The molecule has 0 saturated carbocycles. The Morgan fingerprint density at radius 2 is 1.66 bits per heavy atom. The Kier molecular flexibility index (Phi) is 5.97.